The van der Waals surface area contributed by atoms with Crippen LogP contribution in [0.1, 0.15) is 30.9 Å². The summed E-state index contributed by atoms with van der Waals surface area (Å²) in [5.41, 5.74) is 3.65. The van der Waals surface area contributed by atoms with Crippen molar-refractivity contribution in [1.29, 1.82) is 0 Å². The second kappa shape index (κ2) is 6.71. The summed E-state index contributed by atoms with van der Waals surface area (Å²) in [4.78, 5) is 4.35. The van der Waals surface area contributed by atoms with Gasteiger partial charge in [0.2, 0.25) is 0 Å². The van der Waals surface area contributed by atoms with Crippen molar-refractivity contribution in [2.75, 3.05) is 5.32 Å². The number of halogens is 1. The molecular formula is C16H19BrN2. The van der Waals surface area contributed by atoms with Crippen molar-refractivity contribution in [3.05, 3.63) is 52.1 Å². The lowest BCUT2D eigenvalue weighted by molar-refractivity contribution is 0.795. The van der Waals surface area contributed by atoms with Crippen LogP contribution in [0.2, 0.25) is 0 Å². The monoisotopic (exact) mass is 318 g/mol. The zero-order valence-corrected chi connectivity index (χ0v) is 13.0. The molecule has 3 heteroatoms. The molecule has 0 spiro atoms. The van der Waals surface area contributed by atoms with E-state index in [9.17, 15) is 0 Å². The summed E-state index contributed by atoms with van der Waals surface area (Å²) < 4.78 is 1.04. The third-order valence-corrected chi connectivity index (χ3v) is 3.92. The fraction of sp³-hybridized carbons (Fsp3) is 0.312. The van der Waals surface area contributed by atoms with Gasteiger partial charge in [-0.3, -0.25) is 0 Å². The van der Waals surface area contributed by atoms with Crippen molar-refractivity contribution in [3.8, 4) is 0 Å². The van der Waals surface area contributed by atoms with Crippen LogP contribution in [0.25, 0.3) is 0 Å². The molecule has 0 aliphatic rings. The maximum atomic E-state index is 4.35. The minimum Gasteiger partial charge on any atom is -0.340 e. The summed E-state index contributed by atoms with van der Waals surface area (Å²) in [6, 6.07) is 10.6. The second-order valence-corrected chi connectivity index (χ2v) is 5.60. The average Bonchev–Trinajstić information content (AvgIpc) is 2.42. The summed E-state index contributed by atoms with van der Waals surface area (Å²) in [5, 5.41) is 3.32. The number of nitrogens with zero attached hydrogens (tertiary/aromatic N) is 1. The Hall–Kier alpha value is -1.35. The Balaban J connectivity index is 2.04. The summed E-state index contributed by atoms with van der Waals surface area (Å²) in [6.45, 7) is 4.28. The van der Waals surface area contributed by atoms with E-state index >= 15 is 0 Å². The van der Waals surface area contributed by atoms with E-state index in [1.807, 2.05) is 12.3 Å². The molecule has 1 aromatic carbocycles. The van der Waals surface area contributed by atoms with E-state index in [2.05, 4.69) is 64.3 Å². The fourth-order valence-electron chi connectivity index (χ4n) is 1.89. The molecule has 0 aliphatic carbocycles. The van der Waals surface area contributed by atoms with E-state index < -0.39 is 0 Å². The molecule has 0 bridgehead atoms. The van der Waals surface area contributed by atoms with Crippen molar-refractivity contribution >= 4 is 27.4 Å². The van der Waals surface area contributed by atoms with Crippen molar-refractivity contribution < 1.29 is 0 Å². The van der Waals surface area contributed by atoms with Crippen LogP contribution in [0.4, 0.5) is 11.5 Å². The fourth-order valence-corrected chi connectivity index (χ4v) is 2.11. The van der Waals surface area contributed by atoms with Crippen molar-refractivity contribution in [3.63, 3.8) is 0 Å². The molecule has 2 aromatic rings. The van der Waals surface area contributed by atoms with Crippen molar-refractivity contribution in [2.24, 2.45) is 0 Å². The van der Waals surface area contributed by atoms with Crippen LogP contribution in [-0.2, 0) is 6.42 Å². The highest BCUT2D eigenvalue weighted by molar-refractivity contribution is 9.10. The highest BCUT2D eigenvalue weighted by Gasteiger charge is 2.00. The minimum atomic E-state index is 0.877. The summed E-state index contributed by atoms with van der Waals surface area (Å²) in [6.07, 6.45) is 5.47. The van der Waals surface area contributed by atoms with Gasteiger partial charge in [0.15, 0.2) is 0 Å². The second-order valence-electron chi connectivity index (χ2n) is 4.74. The Bertz CT molecular complexity index is 535. The standard InChI is InChI=1S/C16H19BrN2/c1-3-4-5-13-6-8-14(9-7-13)19-16-10-12(2)15(17)11-18-16/h6-11H,3-5H2,1-2H3,(H,18,19). The maximum absolute atomic E-state index is 4.35. The zero-order valence-electron chi connectivity index (χ0n) is 11.4. The van der Waals surface area contributed by atoms with E-state index in [0.29, 0.717) is 0 Å². The van der Waals surface area contributed by atoms with E-state index in [0.717, 1.165) is 22.4 Å². The first-order valence-electron chi connectivity index (χ1n) is 6.67. The number of hydrogen-bond donors (Lipinski definition) is 1. The first-order valence-corrected chi connectivity index (χ1v) is 7.46. The molecule has 2 rings (SSSR count). The molecule has 1 aromatic heterocycles. The van der Waals surface area contributed by atoms with Gasteiger partial charge in [-0.05, 0) is 65.0 Å². The van der Waals surface area contributed by atoms with Gasteiger partial charge in [-0.1, -0.05) is 25.5 Å². The predicted octanol–water partition coefficient (Wildman–Crippen LogP) is 5.24. The molecule has 0 fully saturated rings. The summed E-state index contributed by atoms with van der Waals surface area (Å²) in [7, 11) is 0. The molecule has 2 nitrogen and oxygen atoms in total. The molecule has 0 radical (unpaired) electrons. The van der Waals surface area contributed by atoms with Crippen molar-refractivity contribution in [2.45, 2.75) is 33.1 Å². The van der Waals surface area contributed by atoms with Crippen LogP contribution in [0.3, 0.4) is 0 Å². The Labute approximate surface area is 123 Å². The van der Waals surface area contributed by atoms with Crippen LogP contribution < -0.4 is 5.32 Å². The highest BCUT2D eigenvalue weighted by Crippen LogP contribution is 2.21. The van der Waals surface area contributed by atoms with Gasteiger partial charge in [0.05, 0.1) is 0 Å². The molecule has 0 saturated heterocycles. The number of benzene rings is 1. The SMILES string of the molecule is CCCCc1ccc(Nc2cc(C)c(Br)cn2)cc1. The van der Waals surface area contributed by atoms with Gasteiger partial charge in [-0.2, -0.15) is 0 Å². The number of rotatable bonds is 5. The summed E-state index contributed by atoms with van der Waals surface area (Å²) in [5.74, 6) is 0.877. The Kier molecular flexibility index (Phi) is 4.97. The van der Waals surface area contributed by atoms with Gasteiger partial charge in [-0.15, -0.1) is 0 Å². The number of nitrogens with one attached hydrogen (secondary N) is 1. The molecule has 1 N–H and O–H groups in total. The van der Waals surface area contributed by atoms with Gasteiger partial charge in [0.25, 0.3) is 0 Å². The molecule has 19 heavy (non-hydrogen) atoms. The van der Waals surface area contributed by atoms with Crippen LogP contribution in [-0.4, -0.2) is 4.98 Å². The largest absolute Gasteiger partial charge is 0.340 e. The Morgan fingerprint density at radius 1 is 1.21 bits per heavy atom. The predicted molar refractivity (Wildman–Crippen MR) is 85.0 cm³/mol. The first-order chi connectivity index (χ1) is 9.19. The number of pyridine rings is 1. The molecule has 0 amide bonds. The lowest BCUT2D eigenvalue weighted by Crippen LogP contribution is -1.94. The number of unbranched alkanes of at least 4 members (excludes halogenated alkanes) is 1. The van der Waals surface area contributed by atoms with E-state index in [1.54, 1.807) is 0 Å². The summed E-state index contributed by atoms with van der Waals surface area (Å²) >= 11 is 3.46. The van der Waals surface area contributed by atoms with Gasteiger partial charge in [-0.25, -0.2) is 4.98 Å². The quantitative estimate of drug-likeness (QED) is 0.815. The Morgan fingerprint density at radius 2 is 1.95 bits per heavy atom. The van der Waals surface area contributed by atoms with Crippen molar-refractivity contribution in [1.82, 2.24) is 4.98 Å². The maximum Gasteiger partial charge on any atom is 0.130 e. The lowest BCUT2D eigenvalue weighted by atomic mass is 10.1. The van der Waals surface area contributed by atoms with Gasteiger partial charge in [0.1, 0.15) is 5.82 Å². The first kappa shape index (κ1) is 14.1. The molecule has 0 aliphatic heterocycles. The number of anilines is 2. The van der Waals surface area contributed by atoms with Crippen LogP contribution >= 0.6 is 15.9 Å². The molecule has 1 heterocycles. The molecular weight excluding hydrogens is 300 g/mol. The molecule has 0 unspecified atom stereocenters. The van der Waals surface area contributed by atoms with Crippen LogP contribution in [0.5, 0.6) is 0 Å². The average molecular weight is 319 g/mol. The van der Waals surface area contributed by atoms with Gasteiger partial charge < -0.3 is 5.32 Å². The van der Waals surface area contributed by atoms with E-state index in [-0.39, 0.29) is 0 Å². The van der Waals surface area contributed by atoms with Gasteiger partial charge in [0, 0.05) is 16.4 Å². The number of aryl methyl sites for hydroxylation is 2. The smallest absolute Gasteiger partial charge is 0.130 e. The molecule has 0 atom stereocenters. The third kappa shape index (κ3) is 4.06. The Morgan fingerprint density at radius 3 is 2.58 bits per heavy atom. The van der Waals surface area contributed by atoms with Gasteiger partial charge >= 0.3 is 0 Å². The molecule has 0 saturated carbocycles. The van der Waals surface area contributed by atoms with Crippen LogP contribution in [0.15, 0.2) is 41.0 Å². The van der Waals surface area contributed by atoms with Crippen LogP contribution in [0, 0.1) is 6.92 Å². The molecule has 100 valence electrons. The minimum absolute atomic E-state index is 0.877. The highest BCUT2D eigenvalue weighted by atomic mass is 79.9. The van der Waals surface area contributed by atoms with E-state index in [1.165, 1.54) is 24.0 Å². The topological polar surface area (TPSA) is 24.9 Å². The normalized spacial score (nSPS) is 10.5. The lowest BCUT2D eigenvalue weighted by Gasteiger charge is -2.08. The number of aromatic nitrogens is 1. The van der Waals surface area contributed by atoms with E-state index in [4.69, 9.17) is 0 Å². The number of hydrogen-bond acceptors (Lipinski definition) is 2. The zero-order chi connectivity index (χ0) is 13.7. The third-order valence-electron chi connectivity index (χ3n) is 3.09.